The first-order chi connectivity index (χ1) is 14.0. The molecular weight excluding hydrogens is 373 g/mol. The van der Waals surface area contributed by atoms with Crippen LogP contribution in [0.4, 0.5) is 21.8 Å². The molecule has 152 valence electrons. The topological polar surface area (TPSA) is 102 Å². The molecule has 2 aliphatic carbocycles. The maximum absolute atomic E-state index is 14.4. The number of ether oxygens (including phenoxy) is 1. The lowest BCUT2D eigenvalue weighted by Gasteiger charge is -2.27. The fourth-order valence-electron chi connectivity index (χ4n) is 4.21. The average Bonchev–Trinajstić information content (AvgIpc) is 3.29. The van der Waals surface area contributed by atoms with Crippen LogP contribution >= 0.6 is 0 Å². The summed E-state index contributed by atoms with van der Waals surface area (Å²) in [6, 6.07) is 5.38. The van der Waals surface area contributed by atoms with Crippen LogP contribution < -0.4 is 21.1 Å². The summed E-state index contributed by atoms with van der Waals surface area (Å²) in [6.45, 7) is 4.44. The van der Waals surface area contributed by atoms with Crippen LogP contribution in [0.2, 0.25) is 0 Å². The first kappa shape index (κ1) is 19.2. The zero-order valence-electron chi connectivity index (χ0n) is 16.4. The number of fused-ring (bicyclic) bond motifs is 2. The molecule has 29 heavy (non-hydrogen) atoms. The number of nitrogens with zero attached hydrogens (tertiary/aromatic N) is 2. The van der Waals surface area contributed by atoms with Gasteiger partial charge in [-0.2, -0.15) is 4.98 Å². The van der Waals surface area contributed by atoms with Gasteiger partial charge in [-0.3, -0.25) is 4.79 Å². The van der Waals surface area contributed by atoms with Gasteiger partial charge in [-0.25, -0.2) is 9.37 Å². The molecule has 2 aliphatic rings. The third-order valence-electron chi connectivity index (χ3n) is 5.58. The van der Waals surface area contributed by atoms with Gasteiger partial charge >= 0.3 is 0 Å². The van der Waals surface area contributed by atoms with Gasteiger partial charge in [0.25, 0.3) is 0 Å². The van der Waals surface area contributed by atoms with Crippen LogP contribution in [0.25, 0.3) is 0 Å². The number of nitrogens with two attached hydrogens (primary N) is 1. The molecule has 2 aromatic rings. The summed E-state index contributed by atoms with van der Waals surface area (Å²) in [5.74, 6) is -0.0418. The van der Waals surface area contributed by atoms with Crippen LogP contribution in [0, 0.1) is 30.5 Å². The highest BCUT2D eigenvalue weighted by Gasteiger charge is 2.47. The molecule has 4 N–H and O–H groups in total. The van der Waals surface area contributed by atoms with Crippen LogP contribution in [-0.4, -0.2) is 28.5 Å². The van der Waals surface area contributed by atoms with Gasteiger partial charge in [0.1, 0.15) is 5.75 Å². The van der Waals surface area contributed by atoms with E-state index in [4.69, 9.17) is 10.5 Å². The van der Waals surface area contributed by atoms with Gasteiger partial charge in [0.05, 0.1) is 18.7 Å². The Hall–Kier alpha value is -3.16. The Morgan fingerprint density at radius 1 is 1.34 bits per heavy atom. The van der Waals surface area contributed by atoms with Crippen LogP contribution in [-0.2, 0) is 4.79 Å². The van der Waals surface area contributed by atoms with Gasteiger partial charge < -0.3 is 21.1 Å². The van der Waals surface area contributed by atoms with E-state index in [2.05, 4.69) is 26.7 Å². The Morgan fingerprint density at radius 3 is 2.90 bits per heavy atom. The molecule has 1 saturated carbocycles. The fraction of sp³-hybridized carbons (Fsp3) is 0.381. The van der Waals surface area contributed by atoms with Crippen molar-refractivity contribution in [3.8, 4) is 5.75 Å². The summed E-state index contributed by atoms with van der Waals surface area (Å²) < 4.78 is 20.0. The van der Waals surface area contributed by atoms with Crippen molar-refractivity contribution in [3.05, 3.63) is 47.9 Å². The van der Waals surface area contributed by atoms with E-state index in [1.165, 1.54) is 0 Å². The number of primary amides is 1. The Balaban J connectivity index is 1.55. The summed E-state index contributed by atoms with van der Waals surface area (Å²) in [6.07, 6.45) is 6.03. The highest BCUT2D eigenvalue weighted by molar-refractivity contribution is 5.79. The lowest BCUT2D eigenvalue weighted by molar-refractivity contribution is -0.122. The van der Waals surface area contributed by atoms with Crippen molar-refractivity contribution in [2.24, 2.45) is 23.5 Å². The number of hydrogen-bond donors (Lipinski definition) is 3. The number of anilines is 3. The zero-order chi connectivity index (χ0) is 20.5. The molecule has 1 amide bonds. The number of aromatic nitrogens is 2. The van der Waals surface area contributed by atoms with E-state index in [0.717, 1.165) is 29.6 Å². The number of halogens is 1. The van der Waals surface area contributed by atoms with Gasteiger partial charge in [-0.05, 0) is 43.7 Å². The summed E-state index contributed by atoms with van der Waals surface area (Å²) in [5.41, 5.74) is 7.33. The summed E-state index contributed by atoms with van der Waals surface area (Å²) in [5, 5.41) is 6.17. The minimum Gasteiger partial charge on any atom is -0.494 e. The Kier molecular flexibility index (Phi) is 5.08. The predicted octanol–water partition coefficient (Wildman–Crippen LogP) is 3.15. The number of carbonyl (C=O) groups excluding carboxylic acids is 1. The van der Waals surface area contributed by atoms with Crippen molar-refractivity contribution in [2.45, 2.75) is 26.3 Å². The molecule has 7 nitrogen and oxygen atoms in total. The van der Waals surface area contributed by atoms with Gasteiger partial charge in [0, 0.05) is 17.8 Å². The number of aryl methyl sites for hydroxylation is 1. The number of hydrogen-bond acceptors (Lipinski definition) is 6. The van der Waals surface area contributed by atoms with Gasteiger partial charge in [0.15, 0.2) is 11.6 Å². The molecule has 4 unspecified atom stereocenters. The molecule has 2 bridgehead atoms. The first-order valence-corrected chi connectivity index (χ1v) is 9.73. The fourth-order valence-corrected chi connectivity index (χ4v) is 4.21. The molecule has 4 rings (SSSR count). The van der Waals surface area contributed by atoms with E-state index in [1.807, 2.05) is 38.1 Å². The third-order valence-corrected chi connectivity index (χ3v) is 5.58. The number of nitrogens with one attached hydrogen (secondary N) is 2. The monoisotopic (exact) mass is 397 g/mol. The lowest BCUT2D eigenvalue weighted by Crippen LogP contribution is -2.41. The van der Waals surface area contributed by atoms with Crippen molar-refractivity contribution in [3.63, 3.8) is 0 Å². The quantitative estimate of drug-likeness (QED) is 0.621. The van der Waals surface area contributed by atoms with Crippen molar-refractivity contribution in [1.29, 1.82) is 0 Å². The minimum absolute atomic E-state index is 0.0526. The Bertz CT molecular complexity index is 964. The zero-order valence-corrected chi connectivity index (χ0v) is 16.4. The SMILES string of the molecule is CCOc1cc(Nc2ncc(F)c(NC3C4C=CC(C4)C3C(N)=O)n2)ccc1C. The molecule has 4 atom stereocenters. The molecule has 1 aromatic carbocycles. The van der Waals surface area contributed by atoms with E-state index in [0.29, 0.717) is 6.61 Å². The largest absolute Gasteiger partial charge is 0.494 e. The highest BCUT2D eigenvalue weighted by atomic mass is 19.1. The highest BCUT2D eigenvalue weighted by Crippen LogP contribution is 2.44. The summed E-state index contributed by atoms with van der Waals surface area (Å²) in [7, 11) is 0. The number of carbonyl (C=O) groups is 1. The van der Waals surface area contributed by atoms with Crippen molar-refractivity contribution in [2.75, 3.05) is 17.2 Å². The summed E-state index contributed by atoms with van der Waals surface area (Å²) >= 11 is 0. The van der Waals surface area contributed by atoms with E-state index < -0.39 is 5.82 Å². The van der Waals surface area contributed by atoms with Crippen molar-refractivity contribution >= 4 is 23.4 Å². The van der Waals surface area contributed by atoms with E-state index in [1.54, 1.807) is 0 Å². The molecular formula is C21H24FN5O2. The molecule has 8 heteroatoms. The van der Waals surface area contributed by atoms with E-state index in [9.17, 15) is 9.18 Å². The maximum atomic E-state index is 14.4. The van der Waals surface area contributed by atoms with Gasteiger partial charge in [0.2, 0.25) is 11.9 Å². The minimum atomic E-state index is -0.579. The molecule has 0 aliphatic heterocycles. The molecule has 0 radical (unpaired) electrons. The second kappa shape index (κ2) is 7.69. The average molecular weight is 397 g/mol. The van der Waals surface area contributed by atoms with Crippen LogP contribution in [0.15, 0.2) is 36.5 Å². The maximum Gasteiger partial charge on any atom is 0.229 e. The Labute approximate surface area is 168 Å². The Morgan fingerprint density at radius 2 is 2.14 bits per heavy atom. The van der Waals surface area contributed by atoms with Crippen molar-refractivity contribution < 1.29 is 13.9 Å². The van der Waals surface area contributed by atoms with E-state index in [-0.39, 0.29) is 41.5 Å². The van der Waals surface area contributed by atoms with Crippen molar-refractivity contribution in [1.82, 2.24) is 9.97 Å². The molecule has 1 aromatic heterocycles. The summed E-state index contributed by atoms with van der Waals surface area (Å²) in [4.78, 5) is 20.2. The van der Waals surface area contributed by atoms with Gasteiger partial charge in [-0.15, -0.1) is 0 Å². The number of benzene rings is 1. The normalized spacial score (nSPS) is 24.5. The standard InChI is InChI=1S/C21H24FN5O2/c1-3-29-16-9-14(7-4-11(16)2)25-21-24-10-15(22)20(27-21)26-18-13-6-5-12(8-13)17(18)19(23)28/h4-7,9-10,12-13,17-18H,3,8H2,1-2H3,(H2,23,28)(H2,24,25,26,27). The van der Waals surface area contributed by atoms with Crippen LogP contribution in [0.3, 0.4) is 0 Å². The smallest absolute Gasteiger partial charge is 0.229 e. The number of amides is 1. The molecule has 0 spiro atoms. The second-order valence-corrected chi connectivity index (χ2v) is 7.48. The molecule has 1 fully saturated rings. The van der Waals surface area contributed by atoms with Crippen LogP contribution in [0.1, 0.15) is 18.9 Å². The predicted molar refractivity (Wildman–Crippen MR) is 108 cm³/mol. The number of rotatable bonds is 7. The van der Waals surface area contributed by atoms with E-state index >= 15 is 0 Å². The van der Waals surface area contributed by atoms with Gasteiger partial charge in [-0.1, -0.05) is 18.2 Å². The second-order valence-electron chi connectivity index (χ2n) is 7.48. The van der Waals surface area contributed by atoms with Crippen LogP contribution in [0.5, 0.6) is 5.75 Å². The third kappa shape index (κ3) is 3.74. The molecule has 0 saturated heterocycles. The first-order valence-electron chi connectivity index (χ1n) is 9.73. The molecule has 1 heterocycles. The lowest BCUT2D eigenvalue weighted by atomic mass is 9.88. The number of allylic oxidation sites excluding steroid dienone is 1.